The molecule has 1 atom stereocenters. The first-order valence-corrected chi connectivity index (χ1v) is 9.73. The van der Waals surface area contributed by atoms with E-state index in [1.54, 1.807) is 17.5 Å². The van der Waals surface area contributed by atoms with Gasteiger partial charge in [-0.25, -0.2) is 8.42 Å². The average Bonchev–Trinajstić information content (AvgIpc) is 3.19. The van der Waals surface area contributed by atoms with E-state index in [0.29, 0.717) is 17.3 Å². The monoisotopic (exact) mass is 328 g/mol. The third-order valence-electron chi connectivity index (χ3n) is 4.24. The Morgan fingerprint density at radius 2 is 1.95 bits per heavy atom. The molecule has 2 saturated heterocycles. The summed E-state index contributed by atoms with van der Waals surface area (Å²) in [6.07, 6.45) is 3.69. The summed E-state index contributed by atoms with van der Waals surface area (Å²) in [5.41, 5.74) is 0. The Kier molecular flexibility index (Phi) is 4.33. The highest BCUT2D eigenvalue weighted by Gasteiger charge is 2.35. The summed E-state index contributed by atoms with van der Waals surface area (Å²) in [5, 5.41) is 1.77. The van der Waals surface area contributed by atoms with E-state index in [1.165, 1.54) is 15.6 Å². The molecule has 0 unspecified atom stereocenters. The number of nitrogens with zero attached hydrogens (tertiary/aromatic N) is 2. The molecular weight excluding hydrogens is 308 g/mol. The van der Waals surface area contributed by atoms with Gasteiger partial charge in [-0.2, -0.15) is 4.31 Å². The molecule has 7 heteroatoms. The Hall–Kier alpha value is -0.920. The SMILES string of the molecule is O=C([C@@H]1CCCN(S(=O)(=O)c2cccs2)C1)N1CCCC1. The maximum absolute atomic E-state index is 12.5. The molecule has 0 aromatic carbocycles. The Labute approximate surface area is 129 Å². The first kappa shape index (κ1) is 15.0. The smallest absolute Gasteiger partial charge is 0.252 e. The van der Waals surface area contributed by atoms with Crippen LogP contribution in [0, 0.1) is 5.92 Å². The second-order valence-electron chi connectivity index (χ2n) is 5.67. The number of hydrogen-bond donors (Lipinski definition) is 0. The molecule has 1 aromatic heterocycles. The van der Waals surface area contributed by atoms with Gasteiger partial charge in [-0.05, 0) is 37.1 Å². The molecule has 1 amide bonds. The largest absolute Gasteiger partial charge is 0.342 e. The van der Waals surface area contributed by atoms with Crippen molar-refractivity contribution in [3.05, 3.63) is 17.5 Å². The molecule has 0 spiro atoms. The van der Waals surface area contributed by atoms with Crippen LogP contribution in [0.4, 0.5) is 0 Å². The number of carbonyl (C=O) groups excluding carboxylic acids is 1. The lowest BCUT2D eigenvalue weighted by Gasteiger charge is -2.32. The highest BCUT2D eigenvalue weighted by Crippen LogP contribution is 2.27. The third kappa shape index (κ3) is 3.00. The van der Waals surface area contributed by atoms with E-state index in [1.807, 2.05) is 4.90 Å². The minimum absolute atomic E-state index is 0.138. The molecule has 0 bridgehead atoms. The van der Waals surface area contributed by atoms with Gasteiger partial charge in [-0.3, -0.25) is 4.79 Å². The van der Waals surface area contributed by atoms with Crippen molar-refractivity contribution in [2.24, 2.45) is 5.92 Å². The number of likely N-dealkylation sites (tertiary alicyclic amines) is 1. The van der Waals surface area contributed by atoms with Gasteiger partial charge >= 0.3 is 0 Å². The summed E-state index contributed by atoms with van der Waals surface area (Å²) in [6, 6.07) is 3.38. The number of carbonyl (C=O) groups is 1. The lowest BCUT2D eigenvalue weighted by Crippen LogP contribution is -2.45. The number of thiophene rings is 1. The van der Waals surface area contributed by atoms with Crippen LogP contribution in [-0.2, 0) is 14.8 Å². The first-order valence-electron chi connectivity index (χ1n) is 7.41. The maximum atomic E-state index is 12.5. The summed E-state index contributed by atoms with van der Waals surface area (Å²) in [6.45, 7) is 2.50. The van der Waals surface area contributed by atoms with Gasteiger partial charge in [-0.1, -0.05) is 6.07 Å². The molecule has 0 N–H and O–H groups in total. The fourth-order valence-electron chi connectivity index (χ4n) is 3.10. The number of amides is 1. The number of sulfonamides is 1. The molecule has 1 aromatic rings. The van der Waals surface area contributed by atoms with Gasteiger partial charge in [0.1, 0.15) is 4.21 Å². The molecule has 0 saturated carbocycles. The molecule has 2 aliphatic heterocycles. The van der Waals surface area contributed by atoms with Gasteiger partial charge in [0.15, 0.2) is 0 Å². The van der Waals surface area contributed by atoms with Crippen LogP contribution in [0.25, 0.3) is 0 Å². The zero-order chi connectivity index (χ0) is 14.9. The van der Waals surface area contributed by atoms with E-state index in [2.05, 4.69) is 0 Å². The van der Waals surface area contributed by atoms with Crippen LogP contribution in [0.1, 0.15) is 25.7 Å². The molecule has 0 aliphatic carbocycles. The summed E-state index contributed by atoms with van der Waals surface area (Å²) in [7, 11) is -3.43. The topological polar surface area (TPSA) is 57.7 Å². The molecule has 2 aliphatic rings. The second-order valence-corrected chi connectivity index (χ2v) is 8.78. The van der Waals surface area contributed by atoms with Gasteiger partial charge < -0.3 is 4.90 Å². The first-order chi connectivity index (χ1) is 10.1. The normalized spacial score (nSPS) is 24.4. The van der Waals surface area contributed by atoms with Crippen LogP contribution in [0.15, 0.2) is 21.7 Å². The van der Waals surface area contributed by atoms with E-state index >= 15 is 0 Å². The fourth-order valence-corrected chi connectivity index (χ4v) is 5.76. The predicted octanol–water partition coefficient (Wildman–Crippen LogP) is 1.77. The fraction of sp³-hybridized carbons (Fsp3) is 0.643. The van der Waals surface area contributed by atoms with Crippen molar-refractivity contribution in [3.63, 3.8) is 0 Å². The van der Waals surface area contributed by atoms with Crippen molar-refractivity contribution in [1.29, 1.82) is 0 Å². The Morgan fingerprint density at radius 3 is 2.62 bits per heavy atom. The van der Waals surface area contributed by atoms with E-state index in [9.17, 15) is 13.2 Å². The van der Waals surface area contributed by atoms with Crippen molar-refractivity contribution in [2.45, 2.75) is 29.9 Å². The van der Waals surface area contributed by atoms with E-state index in [-0.39, 0.29) is 11.8 Å². The highest BCUT2D eigenvalue weighted by atomic mass is 32.2. The highest BCUT2D eigenvalue weighted by molar-refractivity contribution is 7.91. The average molecular weight is 328 g/mol. The van der Waals surface area contributed by atoms with Gasteiger partial charge in [-0.15, -0.1) is 11.3 Å². The second kappa shape index (κ2) is 6.06. The van der Waals surface area contributed by atoms with E-state index in [0.717, 1.165) is 38.8 Å². The Morgan fingerprint density at radius 1 is 1.19 bits per heavy atom. The van der Waals surface area contributed by atoms with Crippen LogP contribution >= 0.6 is 11.3 Å². The van der Waals surface area contributed by atoms with Gasteiger partial charge in [0, 0.05) is 26.2 Å². The van der Waals surface area contributed by atoms with E-state index in [4.69, 9.17) is 0 Å². The van der Waals surface area contributed by atoms with Crippen LogP contribution < -0.4 is 0 Å². The van der Waals surface area contributed by atoms with Crippen molar-refractivity contribution >= 4 is 27.3 Å². The zero-order valence-electron chi connectivity index (χ0n) is 11.9. The predicted molar refractivity (Wildman–Crippen MR) is 81.6 cm³/mol. The molecule has 3 heterocycles. The summed E-state index contributed by atoms with van der Waals surface area (Å²) < 4.78 is 27.0. The standard InChI is InChI=1S/C14H20N2O3S2/c17-14(15-7-1-2-8-15)12-5-3-9-16(11-12)21(18,19)13-6-4-10-20-13/h4,6,10,12H,1-3,5,7-9,11H2/t12-/m1/s1. The van der Waals surface area contributed by atoms with Gasteiger partial charge in [0.05, 0.1) is 5.92 Å². The molecule has 2 fully saturated rings. The van der Waals surface area contributed by atoms with Gasteiger partial charge in [0.25, 0.3) is 10.0 Å². The van der Waals surface area contributed by atoms with Crippen LogP contribution in [0.3, 0.4) is 0 Å². The van der Waals surface area contributed by atoms with E-state index < -0.39 is 10.0 Å². The third-order valence-corrected chi connectivity index (χ3v) is 7.48. The Balaban J connectivity index is 1.72. The quantitative estimate of drug-likeness (QED) is 0.850. The number of hydrogen-bond acceptors (Lipinski definition) is 4. The van der Waals surface area contributed by atoms with Crippen LogP contribution in [-0.4, -0.2) is 49.7 Å². The molecule has 21 heavy (non-hydrogen) atoms. The minimum atomic E-state index is -3.43. The van der Waals surface area contributed by atoms with Crippen LogP contribution in [0.5, 0.6) is 0 Å². The number of piperidine rings is 1. The van der Waals surface area contributed by atoms with Gasteiger partial charge in [0.2, 0.25) is 5.91 Å². The molecule has 0 radical (unpaired) electrons. The summed E-state index contributed by atoms with van der Waals surface area (Å²) >= 11 is 1.23. The maximum Gasteiger partial charge on any atom is 0.252 e. The summed E-state index contributed by atoms with van der Waals surface area (Å²) in [4.78, 5) is 14.4. The molecule has 5 nitrogen and oxygen atoms in total. The zero-order valence-corrected chi connectivity index (χ0v) is 13.5. The van der Waals surface area contributed by atoms with Crippen molar-refractivity contribution in [3.8, 4) is 0 Å². The van der Waals surface area contributed by atoms with Crippen molar-refractivity contribution < 1.29 is 13.2 Å². The molecule has 3 rings (SSSR count). The van der Waals surface area contributed by atoms with Crippen molar-refractivity contribution in [1.82, 2.24) is 9.21 Å². The molecule has 116 valence electrons. The lowest BCUT2D eigenvalue weighted by molar-refractivity contribution is -0.135. The summed E-state index contributed by atoms with van der Waals surface area (Å²) in [5.74, 6) is -0.0369. The molecular formula is C14H20N2O3S2. The lowest BCUT2D eigenvalue weighted by atomic mass is 9.98. The number of rotatable bonds is 3. The Bertz CT molecular complexity index is 592. The minimum Gasteiger partial charge on any atom is -0.342 e. The van der Waals surface area contributed by atoms with Crippen molar-refractivity contribution in [2.75, 3.05) is 26.2 Å². The van der Waals surface area contributed by atoms with Crippen LogP contribution in [0.2, 0.25) is 0 Å².